The summed E-state index contributed by atoms with van der Waals surface area (Å²) in [6.45, 7) is 5.70. The van der Waals surface area contributed by atoms with Gasteiger partial charge in [-0.05, 0) is 42.2 Å². The maximum Gasteiger partial charge on any atom is 0.226 e. The Morgan fingerprint density at radius 2 is 1.93 bits per heavy atom. The van der Waals surface area contributed by atoms with E-state index in [0.717, 1.165) is 17.5 Å². The van der Waals surface area contributed by atoms with Gasteiger partial charge in [-0.15, -0.1) is 0 Å². The number of benzene rings is 2. The molecule has 1 heterocycles. The molecule has 2 atom stereocenters. The SMILES string of the molecule is CCOc1ccc(C2NNCC2C(=O)NCc2ccc(CC)cc2)cc1Cl. The van der Waals surface area contributed by atoms with Gasteiger partial charge >= 0.3 is 0 Å². The highest BCUT2D eigenvalue weighted by molar-refractivity contribution is 6.32. The van der Waals surface area contributed by atoms with Crippen LogP contribution in [0.5, 0.6) is 5.75 Å². The predicted octanol–water partition coefficient (Wildman–Crippen LogP) is 3.38. The number of amides is 1. The molecule has 0 spiro atoms. The zero-order chi connectivity index (χ0) is 19.2. The van der Waals surface area contributed by atoms with Crippen LogP contribution in [0.15, 0.2) is 42.5 Å². The van der Waals surface area contributed by atoms with Gasteiger partial charge in [-0.2, -0.15) is 0 Å². The quantitative estimate of drug-likeness (QED) is 0.681. The number of halogens is 1. The Morgan fingerprint density at radius 3 is 2.59 bits per heavy atom. The fraction of sp³-hybridized carbons (Fsp3) is 0.381. The number of rotatable bonds is 7. The Kier molecular flexibility index (Phi) is 6.72. The number of ether oxygens (including phenoxy) is 1. The molecule has 144 valence electrons. The zero-order valence-corrected chi connectivity index (χ0v) is 16.5. The van der Waals surface area contributed by atoms with Gasteiger partial charge in [0.1, 0.15) is 5.75 Å². The average Bonchev–Trinajstić information content (AvgIpc) is 3.18. The van der Waals surface area contributed by atoms with Crippen LogP contribution in [0.2, 0.25) is 5.02 Å². The second kappa shape index (κ2) is 9.22. The van der Waals surface area contributed by atoms with E-state index in [4.69, 9.17) is 16.3 Å². The Labute approximate surface area is 165 Å². The molecule has 2 aromatic carbocycles. The largest absolute Gasteiger partial charge is 0.492 e. The van der Waals surface area contributed by atoms with Crippen molar-refractivity contribution in [2.45, 2.75) is 32.9 Å². The summed E-state index contributed by atoms with van der Waals surface area (Å²) in [4.78, 5) is 12.7. The van der Waals surface area contributed by atoms with Gasteiger partial charge in [0.05, 0.1) is 23.6 Å². The summed E-state index contributed by atoms with van der Waals surface area (Å²) in [5.74, 6) is 0.460. The van der Waals surface area contributed by atoms with E-state index in [-0.39, 0.29) is 17.9 Å². The molecule has 0 bridgehead atoms. The first kappa shape index (κ1) is 19.7. The Balaban J connectivity index is 1.64. The molecule has 0 aromatic heterocycles. The van der Waals surface area contributed by atoms with Crippen LogP contribution in [0.4, 0.5) is 0 Å². The first-order valence-electron chi connectivity index (χ1n) is 9.38. The average molecular weight is 388 g/mol. The maximum absolute atomic E-state index is 12.7. The summed E-state index contributed by atoms with van der Waals surface area (Å²) in [7, 11) is 0. The van der Waals surface area contributed by atoms with E-state index in [0.29, 0.717) is 30.5 Å². The van der Waals surface area contributed by atoms with Crippen molar-refractivity contribution in [3.05, 3.63) is 64.2 Å². The van der Waals surface area contributed by atoms with Crippen molar-refractivity contribution in [2.24, 2.45) is 5.92 Å². The van der Waals surface area contributed by atoms with Crippen molar-refractivity contribution in [1.82, 2.24) is 16.2 Å². The number of hydrogen-bond donors (Lipinski definition) is 3. The van der Waals surface area contributed by atoms with Crippen LogP contribution in [-0.4, -0.2) is 19.1 Å². The van der Waals surface area contributed by atoms with Crippen molar-refractivity contribution in [1.29, 1.82) is 0 Å². The van der Waals surface area contributed by atoms with E-state index >= 15 is 0 Å². The lowest BCUT2D eigenvalue weighted by molar-refractivity contribution is -0.125. The summed E-state index contributed by atoms with van der Waals surface area (Å²) < 4.78 is 5.49. The van der Waals surface area contributed by atoms with E-state index in [1.165, 1.54) is 5.56 Å². The van der Waals surface area contributed by atoms with Gasteiger partial charge in [-0.25, -0.2) is 5.43 Å². The fourth-order valence-electron chi connectivity index (χ4n) is 3.25. The number of carbonyl (C=O) groups excluding carboxylic acids is 1. The summed E-state index contributed by atoms with van der Waals surface area (Å²) in [6, 6.07) is 13.9. The van der Waals surface area contributed by atoms with E-state index in [9.17, 15) is 4.79 Å². The summed E-state index contributed by atoms with van der Waals surface area (Å²) in [5, 5.41) is 3.60. The van der Waals surface area contributed by atoms with Crippen molar-refractivity contribution in [2.75, 3.05) is 13.2 Å². The molecule has 0 saturated carbocycles. The van der Waals surface area contributed by atoms with Crippen molar-refractivity contribution >= 4 is 17.5 Å². The Hall–Kier alpha value is -2.08. The van der Waals surface area contributed by atoms with Crippen LogP contribution in [0.25, 0.3) is 0 Å². The zero-order valence-electron chi connectivity index (χ0n) is 15.7. The molecule has 1 aliphatic rings. The standard InChI is InChI=1S/C21H26ClN3O2/c1-3-14-5-7-15(8-6-14)12-23-21(26)17-13-24-25-20(17)16-9-10-19(27-4-2)18(22)11-16/h5-11,17,20,24-25H,3-4,12-13H2,1-2H3,(H,23,26). The molecule has 1 aliphatic heterocycles. The molecule has 5 nitrogen and oxygen atoms in total. The molecule has 0 aliphatic carbocycles. The lowest BCUT2D eigenvalue weighted by Crippen LogP contribution is -2.34. The minimum atomic E-state index is -0.214. The monoisotopic (exact) mass is 387 g/mol. The molecular weight excluding hydrogens is 362 g/mol. The van der Waals surface area contributed by atoms with Crippen molar-refractivity contribution in [3.8, 4) is 5.75 Å². The number of nitrogens with one attached hydrogen (secondary N) is 3. The second-order valence-corrected chi connectivity index (χ2v) is 7.03. The van der Waals surface area contributed by atoms with Crippen LogP contribution in [0.1, 0.15) is 36.6 Å². The van der Waals surface area contributed by atoms with E-state index in [1.807, 2.05) is 25.1 Å². The summed E-state index contributed by atoms with van der Waals surface area (Å²) in [5.41, 5.74) is 9.62. The maximum atomic E-state index is 12.7. The van der Waals surface area contributed by atoms with Gasteiger partial charge in [-0.3, -0.25) is 10.2 Å². The lowest BCUT2D eigenvalue weighted by Gasteiger charge is -2.19. The highest BCUT2D eigenvalue weighted by Gasteiger charge is 2.34. The first-order chi connectivity index (χ1) is 13.1. The molecule has 1 amide bonds. The van der Waals surface area contributed by atoms with Crippen LogP contribution in [-0.2, 0) is 17.8 Å². The molecule has 2 aromatic rings. The smallest absolute Gasteiger partial charge is 0.226 e. The van der Waals surface area contributed by atoms with Crippen LogP contribution < -0.4 is 20.9 Å². The van der Waals surface area contributed by atoms with Crippen LogP contribution in [0.3, 0.4) is 0 Å². The van der Waals surface area contributed by atoms with E-state index < -0.39 is 0 Å². The van der Waals surface area contributed by atoms with Crippen molar-refractivity contribution in [3.63, 3.8) is 0 Å². The topological polar surface area (TPSA) is 62.4 Å². The van der Waals surface area contributed by atoms with E-state index in [2.05, 4.69) is 47.4 Å². The fourth-order valence-corrected chi connectivity index (χ4v) is 3.50. The molecular formula is C21H26ClN3O2. The Morgan fingerprint density at radius 1 is 1.19 bits per heavy atom. The normalized spacial score (nSPS) is 19.1. The van der Waals surface area contributed by atoms with Gasteiger partial charge in [0.15, 0.2) is 0 Å². The molecule has 1 saturated heterocycles. The lowest BCUT2D eigenvalue weighted by atomic mass is 9.94. The van der Waals surface area contributed by atoms with Crippen LogP contribution >= 0.6 is 11.6 Å². The number of hydrazine groups is 1. The third-order valence-corrected chi connectivity index (χ3v) is 5.13. The van der Waals surface area contributed by atoms with Gasteiger partial charge in [-0.1, -0.05) is 48.9 Å². The Bertz CT molecular complexity index is 779. The molecule has 0 radical (unpaired) electrons. The highest BCUT2D eigenvalue weighted by Crippen LogP contribution is 2.32. The van der Waals surface area contributed by atoms with Gasteiger partial charge in [0, 0.05) is 13.1 Å². The summed E-state index contributed by atoms with van der Waals surface area (Å²) in [6.07, 6.45) is 1.01. The number of aryl methyl sites for hydroxylation is 1. The second-order valence-electron chi connectivity index (χ2n) is 6.62. The predicted molar refractivity (Wildman–Crippen MR) is 108 cm³/mol. The number of hydrogen-bond acceptors (Lipinski definition) is 4. The third-order valence-electron chi connectivity index (χ3n) is 4.83. The van der Waals surface area contributed by atoms with Gasteiger partial charge < -0.3 is 10.1 Å². The molecule has 3 rings (SSSR count). The number of carbonyl (C=O) groups is 1. The molecule has 3 N–H and O–H groups in total. The molecule has 6 heteroatoms. The van der Waals surface area contributed by atoms with Crippen molar-refractivity contribution < 1.29 is 9.53 Å². The van der Waals surface area contributed by atoms with E-state index in [1.54, 1.807) is 0 Å². The molecule has 2 unspecified atom stereocenters. The molecule has 27 heavy (non-hydrogen) atoms. The minimum Gasteiger partial charge on any atom is -0.492 e. The third kappa shape index (κ3) is 4.80. The van der Waals surface area contributed by atoms with Gasteiger partial charge in [0.25, 0.3) is 0 Å². The van der Waals surface area contributed by atoms with Crippen LogP contribution in [0, 0.1) is 5.92 Å². The minimum absolute atomic E-state index is 0.0158. The van der Waals surface area contributed by atoms with Gasteiger partial charge in [0.2, 0.25) is 5.91 Å². The first-order valence-corrected chi connectivity index (χ1v) is 9.76. The molecule has 1 fully saturated rings. The summed E-state index contributed by atoms with van der Waals surface area (Å²) >= 11 is 6.31. The highest BCUT2D eigenvalue weighted by atomic mass is 35.5.